The summed E-state index contributed by atoms with van der Waals surface area (Å²) in [6.45, 7) is 1.11. The molecule has 0 unspecified atom stereocenters. The molecule has 0 saturated heterocycles. The number of nitrogens with one attached hydrogen (secondary N) is 2. The molecule has 0 aliphatic carbocycles. The Hall–Kier alpha value is -4.65. The number of hydrogen-bond acceptors (Lipinski definition) is 5. The third kappa shape index (κ3) is 5.14. The average Bonchev–Trinajstić information content (AvgIpc) is 3.35. The Morgan fingerprint density at radius 2 is 1.83 bits per heavy atom. The Morgan fingerprint density at radius 3 is 2.69 bits per heavy atom. The van der Waals surface area contributed by atoms with Crippen molar-refractivity contribution in [3.63, 3.8) is 0 Å². The van der Waals surface area contributed by atoms with Gasteiger partial charge in [0, 0.05) is 42.4 Å². The van der Waals surface area contributed by atoms with Gasteiger partial charge >= 0.3 is 0 Å². The topological polar surface area (TPSA) is 81.1 Å². The second-order valence-corrected chi connectivity index (χ2v) is 8.12. The Balaban J connectivity index is 1.30. The molecule has 0 saturated carbocycles. The lowest BCUT2D eigenvalue weighted by molar-refractivity contribution is 0.0951. The lowest BCUT2D eigenvalue weighted by Crippen LogP contribution is -2.22. The molecule has 7 nitrogen and oxygen atoms in total. The number of carbonyl (C=O) groups excluding carboxylic acids is 1. The van der Waals surface area contributed by atoms with Gasteiger partial charge in [0.05, 0.1) is 18.1 Å². The highest BCUT2D eigenvalue weighted by Crippen LogP contribution is 2.22. The van der Waals surface area contributed by atoms with Crippen molar-refractivity contribution in [1.29, 1.82) is 0 Å². The van der Waals surface area contributed by atoms with Crippen molar-refractivity contribution in [3.8, 4) is 11.4 Å². The molecular formula is C28H25N5O2. The normalized spacial score (nSPS) is 10.8. The summed E-state index contributed by atoms with van der Waals surface area (Å²) in [4.78, 5) is 21.2. The lowest BCUT2D eigenvalue weighted by Gasteiger charge is -2.11. The van der Waals surface area contributed by atoms with Crippen molar-refractivity contribution in [2.45, 2.75) is 13.1 Å². The van der Waals surface area contributed by atoms with Crippen LogP contribution in [0.1, 0.15) is 21.5 Å². The fraction of sp³-hybridized carbons (Fsp3) is 0.107. The molecule has 174 valence electrons. The molecule has 2 N–H and O–H groups in total. The van der Waals surface area contributed by atoms with Gasteiger partial charge in [-0.3, -0.25) is 14.3 Å². The number of nitrogens with zero attached hydrogens (tertiary/aromatic N) is 3. The van der Waals surface area contributed by atoms with E-state index in [4.69, 9.17) is 4.74 Å². The fourth-order valence-electron chi connectivity index (χ4n) is 3.90. The molecular weight excluding hydrogens is 438 g/mol. The third-order valence-corrected chi connectivity index (χ3v) is 5.74. The maximum atomic E-state index is 12.6. The molecule has 0 spiro atoms. The summed E-state index contributed by atoms with van der Waals surface area (Å²) in [6, 6.07) is 25.5. The van der Waals surface area contributed by atoms with E-state index in [0.717, 1.165) is 39.3 Å². The van der Waals surface area contributed by atoms with Gasteiger partial charge in [0.25, 0.3) is 5.91 Å². The molecule has 0 aliphatic heterocycles. The molecule has 2 aromatic heterocycles. The first-order chi connectivity index (χ1) is 17.2. The molecule has 0 fully saturated rings. The van der Waals surface area contributed by atoms with Gasteiger partial charge in [0.2, 0.25) is 0 Å². The van der Waals surface area contributed by atoms with Crippen molar-refractivity contribution < 1.29 is 9.53 Å². The van der Waals surface area contributed by atoms with E-state index in [1.54, 1.807) is 25.8 Å². The van der Waals surface area contributed by atoms with Gasteiger partial charge in [-0.15, -0.1) is 0 Å². The Morgan fingerprint density at radius 1 is 0.943 bits per heavy atom. The summed E-state index contributed by atoms with van der Waals surface area (Å²) >= 11 is 0. The second-order valence-electron chi connectivity index (χ2n) is 8.12. The van der Waals surface area contributed by atoms with Crippen LogP contribution in [-0.4, -0.2) is 27.6 Å². The monoisotopic (exact) mass is 463 g/mol. The van der Waals surface area contributed by atoms with Crippen LogP contribution in [0.5, 0.6) is 5.75 Å². The Labute approximate surface area is 203 Å². The maximum Gasteiger partial charge on any atom is 0.251 e. The van der Waals surface area contributed by atoms with Gasteiger partial charge in [-0.2, -0.15) is 0 Å². The average molecular weight is 464 g/mol. The van der Waals surface area contributed by atoms with Crippen molar-refractivity contribution >= 4 is 22.6 Å². The number of aromatic nitrogens is 3. The van der Waals surface area contributed by atoms with Crippen LogP contribution in [-0.2, 0) is 13.1 Å². The fourth-order valence-corrected chi connectivity index (χ4v) is 3.90. The number of amides is 1. The highest BCUT2D eigenvalue weighted by Gasteiger charge is 2.11. The van der Waals surface area contributed by atoms with Crippen LogP contribution in [0.25, 0.3) is 16.7 Å². The van der Waals surface area contributed by atoms with Crippen LogP contribution in [0.4, 0.5) is 5.69 Å². The van der Waals surface area contributed by atoms with E-state index in [-0.39, 0.29) is 5.91 Å². The summed E-state index contributed by atoms with van der Waals surface area (Å²) in [7, 11) is 1.67. The van der Waals surface area contributed by atoms with E-state index in [9.17, 15) is 4.79 Å². The predicted molar refractivity (Wildman–Crippen MR) is 137 cm³/mol. The molecule has 0 aliphatic rings. The molecule has 35 heavy (non-hydrogen) atoms. The molecule has 0 atom stereocenters. The molecule has 1 amide bonds. The van der Waals surface area contributed by atoms with Crippen LogP contribution >= 0.6 is 0 Å². The van der Waals surface area contributed by atoms with Crippen LogP contribution in [0.15, 0.2) is 97.6 Å². The van der Waals surface area contributed by atoms with Gasteiger partial charge in [-0.25, -0.2) is 4.98 Å². The smallest absolute Gasteiger partial charge is 0.251 e. The van der Waals surface area contributed by atoms with E-state index in [0.29, 0.717) is 18.7 Å². The minimum absolute atomic E-state index is 0.144. The van der Waals surface area contributed by atoms with E-state index < -0.39 is 0 Å². The van der Waals surface area contributed by atoms with Gasteiger partial charge in [-0.05, 0) is 65.7 Å². The zero-order chi connectivity index (χ0) is 24.0. The van der Waals surface area contributed by atoms with E-state index in [1.807, 2.05) is 71.3 Å². The van der Waals surface area contributed by atoms with E-state index >= 15 is 0 Å². The Kier molecular flexibility index (Phi) is 6.39. The summed E-state index contributed by atoms with van der Waals surface area (Å²) < 4.78 is 7.32. The minimum Gasteiger partial charge on any atom is -0.497 e. The highest BCUT2D eigenvalue weighted by atomic mass is 16.5. The number of anilines is 1. The standard InChI is InChI=1S/C28H25N5O2/c1-35-25-9-2-5-20(13-25)17-30-23-7-3-8-24(15-23)33-19-32-26-14-22(10-11-27(26)33)28(34)31-18-21-6-4-12-29-16-21/h2-16,19,30H,17-18H2,1H3,(H,31,34). The molecule has 3 aromatic carbocycles. The van der Waals surface area contributed by atoms with Crippen molar-refractivity contribution in [1.82, 2.24) is 19.9 Å². The molecule has 5 aromatic rings. The number of fused-ring (bicyclic) bond motifs is 1. The zero-order valence-corrected chi connectivity index (χ0v) is 19.3. The second kappa shape index (κ2) is 10.1. The number of benzene rings is 3. The summed E-state index contributed by atoms with van der Waals surface area (Å²) in [5.41, 5.74) is 6.33. The first kappa shape index (κ1) is 22.2. The van der Waals surface area contributed by atoms with Gasteiger partial charge in [-0.1, -0.05) is 24.3 Å². The summed E-state index contributed by atoms with van der Waals surface area (Å²) in [5, 5.41) is 6.40. The largest absolute Gasteiger partial charge is 0.497 e. The zero-order valence-electron chi connectivity index (χ0n) is 19.3. The number of rotatable bonds is 8. The van der Waals surface area contributed by atoms with Gasteiger partial charge in [0.15, 0.2) is 0 Å². The first-order valence-electron chi connectivity index (χ1n) is 11.3. The van der Waals surface area contributed by atoms with Crippen molar-refractivity contribution in [3.05, 3.63) is 114 Å². The van der Waals surface area contributed by atoms with E-state index in [2.05, 4.69) is 32.7 Å². The van der Waals surface area contributed by atoms with Crippen molar-refractivity contribution in [2.75, 3.05) is 12.4 Å². The van der Waals surface area contributed by atoms with Crippen molar-refractivity contribution in [2.24, 2.45) is 0 Å². The number of carbonyl (C=O) groups is 1. The SMILES string of the molecule is COc1cccc(CNc2cccc(-n3cnc4cc(C(=O)NCc5cccnc5)ccc43)c2)c1. The number of methoxy groups -OCH3 is 1. The number of pyridine rings is 1. The lowest BCUT2D eigenvalue weighted by atomic mass is 10.1. The van der Waals surface area contributed by atoms with Gasteiger partial charge < -0.3 is 15.4 Å². The highest BCUT2D eigenvalue weighted by molar-refractivity contribution is 5.97. The van der Waals surface area contributed by atoms with Crippen LogP contribution < -0.4 is 15.4 Å². The molecule has 5 rings (SSSR count). The quantitative estimate of drug-likeness (QED) is 0.340. The molecule has 0 bridgehead atoms. The molecule has 2 heterocycles. The number of ether oxygens (including phenoxy) is 1. The van der Waals surface area contributed by atoms with Crippen LogP contribution in [0.3, 0.4) is 0 Å². The summed E-state index contributed by atoms with van der Waals surface area (Å²) in [5.74, 6) is 0.696. The minimum atomic E-state index is -0.144. The van der Waals surface area contributed by atoms with Crippen LogP contribution in [0.2, 0.25) is 0 Å². The van der Waals surface area contributed by atoms with Crippen LogP contribution in [0, 0.1) is 0 Å². The third-order valence-electron chi connectivity index (χ3n) is 5.74. The first-order valence-corrected chi connectivity index (χ1v) is 11.3. The molecule has 7 heteroatoms. The molecule has 0 radical (unpaired) electrons. The van der Waals surface area contributed by atoms with E-state index in [1.165, 1.54) is 0 Å². The van der Waals surface area contributed by atoms with Gasteiger partial charge in [0.1, 0.15) is 12.1 Å². The number of imidazole rings is 1. The Bertz CT molecular complexity index is 1460. The maximum absolute atomic E-state index is 12.6. The summed E-state index contributed by atoms with van der Waals surface area (Å²) in [6.07, 6.45) is 5.23. The predicted octanol–water partition coefficient (Wildman–Crippen LogP) is 4.97. The number of hydrogen-bond donors (Lipinski definition) is 2.